The molecule has 120 heavy (non-hydrogen) atoms. The first-order chi connectivity index (χ1) is 59.0. The van der Waals surface area contributed by atoms with Crippen LogP contribution in [-0.4, -0.2) is 16.1 Å². The summed E-state index contributed by atoms with van der Waals surface area (Å²) >= 11 is 0. The van der Waals surface area contributed by atoms with E-state index in [-0.39, 0.29) is 0 Å². The summed E-state index contributed by atoms with van der Waals surface area (Å²) in [6.45, 7) is 10.2. The molecule has 2 aliphatic heterocycles. The van der Waals surface area contributed by atoms with Gasteiger partial charge in [-0.1, -0.05) is 445 Å². The van der Waals surface area contributed by atoms with E-state index in [1.807, 2.05) is 0 Å². The van der Waals surface area contributed by atoms with Crippen molar-refractivity contribution in [1.29, 1.82) is 0 Å². The lowest BCUT2D eigenvalue weighted by atomic mass is 9.84. The standard InChI is InChI=1S/C60H42Si.C58H42Si/c1-61(2)57-36-46(53-35-45-19-9-10-20-47(45)48-21-11-12-22-49(48)53)33-34-50(57)54-37-55-56(38-58(54)61)60(44-31-27-42(28-32-44)40-17-7-4-8-18-40)52-24-14-13-23-51(52)59(55)43-29-25-41(26-30-43)39-15-5-3-6-16-39;1-59(2)55-36-48(45-24-22-42(23-25-45)39-14-6-3-7-15-39)34-35-49(55)52-37-53-54(38-56(52)59)58(47-32-28-44(29-33-47)41-18-10-5-11-19-41)51-21-13-12-20-50(51)57(53)46-30-26-43(27-31-46)40-16-8-4-9-17-40/h3-38H,1-2H3;3-38H,1-2H3. The van der Waals surface area contributed by atoms with Crippen LogP contribution in [0.15, 0.2) is 437 Å². The van der Waals surface area contributed by atoms with Crippen LogP contribution in [0.1, 0.15) is 0 Å². The van der Waals surface area contributed by atoms with Gasteiger partial charge < -0.3 is 0 Å². The van der Waals surface area contributed by atoms with Crippen molar-refractivity contribution in [1.82, 2.24) is 0 Å². The minimum atomic E-state index is -2.17. The second-order valence-electron chi connectivity index (χ2n) is 33.7. The Labute approximate surface area is 704 Å². The maximum atomic E-state index is 2.61. The lowest BCUT2D eigenvalue weighted by Gasteiger charge is -2.23. The molecule has 0 spiro atoms. The fourth-order valence-electron chi connectivity index (χ4n) is 20.0. The molecule has 21 aromatic carbocycles. The van der Waals surface area contributed by atoms with Crippen LogP contribution in [0.25, 0.3) is 209 Å². The quantitative estimate of drug-likeness (QED) is 0.0688. The molecule has 2 heterocycles. The lowest BCUT2D eigenvalue weighted by Crippen LogP contribution is -2.49. The molecule has 0 aliphatic carbocycles. The molecule has 0 atom stereocenters. The fraction of sp³-hybridized carbons (Fsp3) is 0.0339. The van der Waals surface area contributed by atoms with Crippen molar-refractivity contribution in [2.75, 3.05) is 0 Å². The van der Waals surface area contributed by atoms with E-state index in [9.17, 15) is 0 Å². The predicted molar refractivity (Wildman–Crippen MR) is 522 cm³/mol. The SMILES string of the molecule is C[Si]1(C)c2cc(-c3cc4ccccc4c4ccccc34)ccc2-c2cc3c(-c4ccc(-c5ccccc5)cc4)c4ccccc4c(-c4ccc(-c5ccccc5)cc4)c3cc21.C[Si]1(C)c2cc(-c3ccc(-c4ccccc4)cc3)ccc2-c2cc3c(-c4ccc(-c5ccccc5)cc4)c4ccccc4c(-c4ccc(-c5ccccc5)cc4)c3cc21. The fourth-order valence-corrected chi connectivity index (χ4v) is 26.2. The van der Waals surface area contributed by atoms with E-state index in [4.69, 9.17) is 0 Å². The topological polar surface area (TPSA) is 0 Å². The van der Waals surface area contributed by atoms with E-state index < -0.39 is 16.1 Å². The molecule has 21 aromatic rings. The monoisotopic (exact) mass is 1560 g/mol. The summed E-state index contributed by atoms with van der Waals surface area (Å²) < 4.78 is 0. The van der Waals surface area contributed by atoms with Crippen LogP contribution >= 0.6 is 0 Å². The molecule has 0 nitrogen and oxygen atoms in total. The van der Waals surface area contributed by atoms with Gasteiger partial charge in [-0.3, -0.25) is 0 Å². The lowest BCUT2D eigenvalue weighted by molar-refractivity contribution is 1.59. The Morgan fingerprint density at radius 1 is 0.125 bits per heavy atom. The summed E-state index contributed by atoms with van der Waals surface area (Å²) in [6.07, 6.45) is 0. The van der Waals surface area contributed by atoms with E-state index in [0.717, 1.165) is 0 Å². The third-order valence-corrected chi connectivity index (χ3v) is 33.2. The minimum Gasteiger partial charge on any atom is -0.0622 e. The highest BCUT2D eigenvalue weighted by Crippen LogP contribution is 2.50. The molecule has 0 radical (unpaired) electrons. The van der Waals surface area contributed by atoms with Crippen LogP contribution in [0.2, 0.25) is 26.2 Å². The summed E-state index contributed by atoms with van der Waals surface area (Å²) in [5.74, 6) is 0. The van der Waals surface area contributed by atoms with E-state index in [2.05, 4.69) is 463 Å². The first-order valence-electron chi connectivity index (χ1n) is 42.1. The number of hydrogen-bond acceptors (Lipinski definition) is 0. The number of rotatable bonds is 11. The molecule has 0 aromatic heterocycles. The van der Waals surface area contributed by atoms with Crippen molar-refractivity contribution in [3.8, 4) is 145 Å². The molecule has 564 valence electrons. The van der Waals surface area contributed by atoms with Gasteiger partial charge in [0.05, 0.1) is 0 Å². The van der Waals surface area contributed by atoms with Crippen LogP contribution in [0.3, 0.4) is 0 Å². The molecule has 0 unspecified atom stereocenters. The molecule has 0 amide bonds. The van der Waals surface area contributed by atoms with Crippen LogP contribution < -0.4 is 20.7 Å². The Morgan fingerprint density at radius 2 is 0.350 bits per heavy atom. The van der Waals surface area contributed by atoms with Gasteiger partial charge in [0.2, 0.25) is 0 Å². The number of benzene rings is 21. The molecule has 0 bridgehead atoms. The highest BCUT2D eigenvalue weighted by Gasteiger charge is 2.41. The van der Waals surface area contributed by atoms with Gasteiger partial charge in [0.25, 0.3) is 0 Å². The Hall–Kier alpha value is -14.4. The molecular formula is C118H84Si2. The molecule has 0 saturated heterocycles. The van der Waals surface area contributed by atoms with Crippen LogP contribution in [0.5, 0.6) is 0 Å². The number of fused-ring (bicyclic) bond motifs is 13. The molecule has 0 saturated carbocycles. The van der Waals surface area contributed by atoms with Gasteiger partial charge in [-0.2, -0.15) is 0 Å². The van der Waals surface area contributed by atoms with Crippen molar-refractivity contribution in [3.05, 3.63) is 437 Å². The van der Waals surface area contributed by atoms with Gasteiger partial charge >= 0.3 is 0 Å². The summed E-state index contributed by atoms with van der Waals surface area (Å²) in [6, 6.07) is 163. The van der Waals surface area contributed by atoms with Crippen molar-refractivity contribution in [3.63, 3.8) is 0 Å². The van der Waals surface area contributed by atoms with E-state index in [1.165, 1.54) is 230 Å². The maximum absolute atomic E-state index is 2.61. The van der Waals surface area contributed by atoms with Gasteiger partial charge in [-0.15, -0.1) is 0 Å². The van der Waals surface area contributed by atoms with Crippen molar-refractivity contribution in [2.24, 2.45) is 0 Å². The first-order valence-corrected chi connectivity index (χ1v) is 48.1. The Bertz CT molecular complexity index is 7580. The van der Waals surface area contributed by atoms with E-state index >= 15 is 0 Å². The smallest absolute Gasteiger partial charge is 0.0622 e. The first kappa shape index (κ1) is 72.1. The zero-order chi connectivity index (χ0) is 80.2. The Morgan fingerprint density at radius 3 is 0.683 bits per heavy atom. The largest absolute Gasteiger partial charge is 0.113 e. The highest BCUT2D eigenvalue weighted by atomic mass is 28.3. The molecular weight excluding hydrogens is 1470 g/mol. The van der Waals surface area contributed by atoms with Crippen molar-refractivity contribution < 1.29 is 0 Å². The maximum Gasteiger partial charge on any atom is 0.113 e. The van der Waals surface area contributed by atoms with Crippen LogP contribution in [0, 0.1) is 0 Å². The molecule has 2 heteroatoms. The second kappa shape index (κ2) is 29.4. The minimum absolute atomic E-state index is 1.23. The second-order valence-corrected chi connectivity index (χ2v) is 42.3. The van der Waals surface area contributed by atoms with Gasteiger partial charge in [0.1, 0.15) is 16.1 Å². The third-order valence-electron chi connectivity index (χ3n) is 26.2. The van der Waals surface area contributed by atoms with Crippen molar-refractivity contribution in [2.45, 2.75) is 26.2 Å². The van der Waals surface area contributed by atoms with Gasteiger partial charge in [0.15, 0.2) is 0 Å². The normalized spacial score (nSPS) is 12.8. The van der Waals surface area contributed by atoms with Crippen LogP contribution in [0.4, 0.5) is 0 Å². The van der Waals surface area contributed by atoms with E-state index in [0.29, 0.717) is 0 Å². The summed E-state index contributed by atoms with van der Waals surface area (Å²) in [7, 11) is -4.28. The highest BCUT2D eigenvalue weighted by molar-refractivity contribution is 7.04. The zero-order valence-electron chi connectivity index (χ0n) is 67.6. The number of hydrogen-bond donors (Lipinski definition) is 0. The Kier molecular flexibility index (Phi) is 17.6. The molecule has 0 N–H and O–H groups in total. The average molecular weight is 1560 g/mol. The molecule has 2 aliphatic rings. The van der Waals surface area contributed by atoms with Crippen LogP contribution in [-0.2, 0) is 0 Å². The summed E-state index contributed by atoms with van der Waals surface area (Å²) in [5.41, 5.74) is 33.2. The van der Waals surface area contributed by atoms with Crippen molar-refractivity contribution >= 4 is 102 Å². The van der Waals surface area contributed by atoms with Gasteiger partial charge in [-0.05, 0) is 248 Å². The summed E-state index contributed by atoms with van der Waals surface area (Å²) in [5, 5.41) is 21.6. The van der Waals surface area contributed by atoms with Gasteiger partial charge in [-0.25, -0.2) is 0 Å². The average Bonchev–Trinajstić information content (AvgIpc) is 1.48. The third kappa shape index (κ3) is 12.3. The Balaban J connectivity index is 0.000000144. The van der Waals surface area contributed by atoms with E-state index in [1.54, 1.807) is 0 Å². The summed E-state index contributed by atoms with van der Waals surface area (Å²) in [4.78, 5) is 0. The molecule has 0 fully saturated rings. The molecule has 23 rings (SSSR count). The zero-order valence-corrected chi connectivity index (χ0v) is 69.6. The predicted octanol–water partition coefficient (Wildman–Crippen LogP) is 30.2. The van der Waals surface area contributed by atoms with Gasteiger partial charge in [0, 0.05) is 0 Å².